The minimum atomic E-state index is -0.0438. The van der Waals surface area contributed by atoms with Crippen molar-refractivity contribution in [2.45, 2.75) is 26.3 Å². The molecular weight excluding hydrogens is 258 g/mol. The van der Waals surface area contributed by atoms with Crippen molar-refractivity contribution in [3.8, 4) is 0 Å². The monoisotopic (exact) mass is 279 g/mol. The fourth-order valence-corrected chi connectivity index (χ4v) is 1.53. The Balaban J connectivity index is 2.48. The third-order valence-electron chi connectivity index (χ3n) is 2.37. The highest BCUT2D eigenvalue weighted by Gasteiger charge is 2.03. The second kappa shape index (κ2) is 8.00. The van der Waals surface area contributed by atoms with Crippen LogP contribution in [0.3, 0.4) is 0 Å². The van der Waals surface area contributed by atoms with E-state index < -0.39 is 0 Å². The zero-order valence-corrected chi connectivity index (χ0v) is 11.7. The zero-order valence-electron chi connectivity index (χ0n) is 11.7. The molecule has 0 unspecified atom stereocenters. The molecule has 0 fully saturated rings. The Morgan fingerprint density at radius 1 is 1.40 bits per heavy atom. The van der Waals surface area contributed by atoms with E-state index in [4.69, 9.17) is 10.9 Å². The molecule has 20 heavy (non-hydrogen) atoms. The van der Waals surface area contributed by atoms with Gasteiger partial charge < -0.3 is 16.4 Å². The molecular formula is C13H21N5O2. The Morgan fingerprint density at radius 3 is 2.75 bits per heavy atom. The Morgan fingerprint density at radius 2 is 2.10 bits per heavy atom. The van der Waals surface area contributed by atoms with Gasteiger partial charge in [-0.3, -0.25) is 15.5 Å². The Kier molecular flexibility index (Phi) is 6.31. The van der Waals surface area contributed by atoms with Crippen molar-refractivity contribution >= 4 is 23.2 Å². The third-order valence-corrected chi connectivity index (χ3v) is 2.37. The van der Waals surface area contributed by atoms with Crippen LogP contribution in [0.1, 0.15) is 20.3 Å². The molecule has 0 saturated heterocycles. The number of para-hydroxylation sites is 2. The van der Waals surface area contributed by atoms with E-state index in [1.54, 1.807) is 24.3 Å². The molecule has 1 amide bonds. The number of nitrogens with two attached hydrogens (primary N) is 1. The first kappa shape index (κ1) is 15.8. The van der Waals surface area contributed by atoms with Crippen LogP contribution in [0.4, 0.5) is 11.4 Å². The quantitative estimate of drug-likeness (QED) is 0.302. The van der Waals surface area contributed by atoms with Crippen LogP contribution >= 0.6 is 0 Å². The number of benzene rings is 1. The van der Waals surface area contributed by atoms with Crippen LogP contribution in [0.15, 0.2) is 29.3 Å². The molecule has 110 valence electrons. The SMILES string of the molecule is CC(C)NC(=O)CCN/C(N)=N/c1ccccc1NO. The highest BCUT2D eigenvalue weighted by Crippen LogP contribution is 2.22. The fourth-order valence-electron chi connectivity index (χ4n) is 1.53. The normalized spacial score (nSPS) is 11.3. The molecule has 0 aliphatic heterocycles. The maximum atomic E-state index is 11.4. The Bertz CT molecular complexity index is 474. The molecule has 1 rings (SSSR count). The summed E-state index contributed by atoms with van der Waals surface area (Å²) in [4.78, 5) is 15.5. The highest BCUT2D eigenvalue weighted by molar-refractivity contribution is 5.84. The van der Waals surface area contributed by atoms with Crippen LogP contribution in [-0.2, 0) is 4.79 Å². The summed E-state index contributed by atoms with van der Waals surface area (Å²) in [6.07, 6.45) is 0.314. The molecule has 0 heterocycles. The molecule has 0 aliphatic carbocycles. The summed E-state index contributed by atoms with van der Waals surface area (Å²) >= 11 is 0. The van der Waals surface area contributed by atoms with Crippen molar-refractivity contribution in [3.05, 3.63) is 24.3 Å². The average molecular weight is 279 g/mol. The van der Waals surface area contributed by atoms with E-state index in [9.17, 15) is 4.79 Å². The van der Waals surface area contributed by atoms with Crippen LogP contribution in [0.25, 0.3) is 0 Å². The first-order valence-corrected chi connectivity index (χ1v) is 6.39. The largest absolute Gasteiger partial charge is 0.370 e. The second-order valence-electron chi connectivity index (χ2n) is 4.52. The highest BCUT2D eigenvalue weighted by atomic mass is 16.5. The number of rotatable bonds is 6. The van der Waals surface area contributed by atoms with Gasteiger partial charge in [0.2, 0.25) is 5.91 Å². The number of aliphatic imine (C=N–C) groups is 1. The van der Waals surface area contributed by atoms with E-state index in [-0.39, 0.29) is 17.9 Å². The Labute approximate surface area is 118 Å². The first-order chi connectivity index (χ1) is 9.52. The van der Waals surface area contributed by atoms with Crippen LogP contribution in [0.2, 0.25) is 0 Å². The minimum absolute atomic E-state index is 0.0438. The van der Waals surface area contributed by atoms with Gasteiger partial charge >= 0.3 is 0 Å². The van der Waals surface area contributed by atoms with Crippen LogP contribution in [0.5, 0.6) is 0 Å². The van der Waals surface area contributed by atoms with E-state index in [0.717, 1.165) is 0 Å². The lowest BCUT2D eigenvalue weighted by atomic mass is 10.3. The number of nitrogens with one attached hydrogen (secondary N) is 3. The number of nitrogens with zero attached hydrogens (tertiary/aromatic N) is 1. The molecule has 6 N–H and O–H groups in total. The number of amides is 1. The molecule has 7 heteroatoms. The smallest absolute Gasteiger partial charge is 0.221 e. The lowest BCUT2D eigenvalue weighted by Crippen LogP contribution is -2.36. The zero-order chi connectivity index (χ0) is 15.0. The summed E-state index contributed by atoms with van der Waals surface area (Å²) in [7, 11) is 0. The fraction of sp³-hybridized carbons (Fsp3) is 0.385. The number of carbonyl (C=O) groups excluding carboxylic acids is 1. The van der Waals surface area contributed by atoms with Gasteiger partial charge in [0.1, 0.15) is 0 Å². The molecule has 0 bridgehead atoms. The van der Waals surface area contributed by atoms with Crippen molar-refractivity contribution < 1.29 is 10.0 Å². The Hall–Kier alpha value is -2.28. The summed E-state index contributed by atoms with van der Waals surface area (Å²) in [6.45, 7) is 4.20. The molecule has 0 aliphatic rings. The number of guanidine groups is 1. The standard InChI is InChI=1S/C13H21N5O2/c1-9(2)16-12(19)7-8-15-13(14)17-10-5-3-4-6-11(10)18-20/h3-6,9,18,20H,7-8H2,1-2H3,(H,16,19)(H3,14,15,17). The number of hydrogen-bond donors (Lipinski definition) is 5. The van der Waals surface area contributed by atoms with Crippen molar-refractivity contribution in [1.29, 1.82) is 0 Å². The molecule has 7 nitrogen and oxygen atoms in total. The molecule has 0 saturated carbocycles. The number of carbonyl (C=O) groups is 1. The molecule has 0 aromatic heterocycles. The number of hydrogen-bond acceptors (Lipinski definition) is 4. The maximum absolute atomic E-state index is 11.4. The van der Waals surface area contributed by atoms with Crippen molar-refractivity contribution in [2.24, 2.45) is 10.7 Å². The van der Waals surface area contributed by atoms with Gasteiger partial charge in [0.25, 0.3) is 0 Å². The summed E-state index contributed by atoms with van der Waals surface area (Å²) in [5.74, 6) is 0.141. The van der Waals surface area contributed by atoms with Crippen LogP contribution < -0.4 is 21.8 Å². The van der Waals surface area contributed by atoms with Gasteiger partial charge in [-0.05, 0) is 26.0 Å². The summed E-state index contributed by atoms with van der Waals surface area (Å²) in [6, 6.07) is 7.04. The van der Waals surface area contributed by atoms with Crippen LogP contribution in [0, 0.1) is 0 Å². The summed E-state index contributed by atoms with van der Waals surface area (Å²) in [5.41, 5.74) is 8.72. The molecule has 0 atom stereocenters. The minimum Gasteiger partial charge on any atom is -0.370 e. The maximum Gasteiger partial charge on any atom is 0.221 e. The molecule has 1 aromatic carbocycles. The van der Waals surface area contributed by atoms with Crippen LogP contribution in [-0.4, -0.2) is 29.7 Å². The number of anilines is 1. The first-order valence-electron chi connectivity index (χ1n) is 6.39. The summed E-state index contributed by atoms with van der Waals surface area (Å²) in [5, 5.41) is 14.6. The lowest BCUT2D eigenvalue weighted by Gasteiger charge is -2.09. The van der Waals surface area contributed by atoms with E-state index >= 15 is 0 Å². The molecule has 0 spiro atoms. The van der Waals surface area contributed by atoms with Crippen molar-refractivity contribution in [3.63, 3.8) is 0 Å². The van der Waals surface area contributed by atoms with Gasteiger partial charge in [-0.25, -0.2) is 4.99 Å². The van der Waals surface area contributed by atoms with Gasteiger partial charge in [0.05, 0.1) is 11.4 Å². The predicted octanol–water partition coefficient (Wildman–Crippen LogP) is 0.938. The van der Waals surface area contributed by atoms with Crippen molar-refractivity contribution in [2.75, 3.05) is 12.0 Å². The average Bonchev–Trinajstić information content (AvgIpc) is 2.38. The second-order valence-corrected chi connectivity index (χ2v) is 4.52. The summed E-state index contributed by atoms with van der Waals surface area (Å²) < 4.78 is 0. The molecule has 1 aromatic rings. The van der Waals surface area contributed by atoms with E-state index in [1.807, 2.05) is 19.3 Å². The van der Waals surface area contributed by atoms with E-state index in [0.29, 0.717) is 24.3 Å². The third kappa shape index (κ3) is 5.57. The van der Waals surface area contributed by atoms with Crippen molar-refractivity contribution in [1.82, 2.24) is 10.6 Å². The van der Waals surface area contributed by atoms with E-state index in [1.165, 1.54) is 0 Å². The predicted molar refractivity (Wildman–Crippen MR) is 79.0 cm³/mol. The van der Waals surface area contributed by atoms with Gasteiger partial charge in [-0.1, -0.05) is 12.1 Å². The van der Waals surface area contributed by atoms with Gasteiger partial charge in [-0.2, -0.15) is 0 Å². The van der Waals surface area contributed by atoms with E-state index in [2.05, 4.69) is 15.6 Å². The van der Waals surface area contributed by atoms with Gasteiger partial charge in [0.15, 0.2) is 5.96 Å². The topological polar surface area (TPSA) is 112 Å². The van der Waals surface area contributed by atoms with Gasteiger partial charge in [-0.15, -0.1) is 0 Å². The molecule has 0 radical (unpaired) electrons. The van der Waals surface area contributed by atoms with Gasteiger partial charge in [0, 0.05) is 19.0 Å². The lowest BCUT2D eigenvalue weighted by molar-refractivity contribution is -0.121.